The number of ketones is 2. The third-order valence-electron chi connectivity index (χ3n) is 6.69. The van der Waals surface area contributed by atoms with Crippen LogP contribution >= 0.6 is 58.2 Å². The van der Waals surface area contributed by atoms with Crippen molar-refractivity contribution in [3.8, 4) is 0 Å². The molecular formula is C31H18Cl4N2O6S. The first-order chi connectivity index (χ1) is 20.9. The minimum atomic E-state index is -1.53. The lowest BCUT2D eigenvalue weighted by Crippen LogP contribution is -2.27. The number of anilines is 2. The second-order valence-corrected chi connectivity index (χ2v) is 12.4. The molecule has 0 saturated carbocycles. The van der Waals surface area contributed by atoms with Gasteiger partial charge in [-0.05, 0) is 31.2 Å². The van der Waals surface area contributed by atoms with Gasteiger partial charge in [0, 0.05) is 27.3 Å². The predicted octanol–water partition coefficient (Wildman–Crippen LogP) is 8.15. The number of thioether (sulfide) groups is 1. The topological polar surface area (TPSA) is 130 Å². The largest absolute Gasteiger partial charge is 0.478 e. The van der Waals surface area contributed by atoms with Gasteiger partial charge in [0.1, 0.15) is 0 Å². The first-order valence-corrected chi connectivity index (χ1v) is 15.1. The highest BCUT2D eigenvalue weighted by atomic mass is 35.5. The van der Waals surface area contributed by atoms with Crippen molar-refractivity contribution in [3.05, 3.63) is 120 Å². The van der Waals surface area contributed by atoms with Crippen LogP contribution in [0.3, 0.4) is 0 Å². The quantitative estimate of drug-likeness (QED) is 0.0894. The molecule has 4 aromatic rings. The molecule has 0 radical (unpaired) electrons. The van der Waals surface area contributed by atoms with Crippen LogP contribution in [0.1, 0.15) is 59.5 Å². The van der Waals surface area contributed by atoms with Gasteiger partial charge < -0.3 is 15.7 Å². The zero-order valence-electron chi connectivity index (χ0n) is 22.3. The normalized spacial score (nSPS) is 12.7. The summed E-state index contributed by atoms with van der Waals surface area (Å²) < 4.78 is 0. The van der Waals surface area contributed by atoms with E-state index in [4.69, 9.17) is 46.4 Å². The molecule has 1 aliphatic rings. The number of carboxylic acids is 1. The van der Waals surface area contributed by atoms with Crippen LogP contribution in [0.5, 0.6) is 0 Å². The first kappa shape index (κ1) is 31.6. The Morgan fingerprint density at radius 1 is 0.727 bits per heavy atom. The molecule has 0 saturated heterocycles. The molecule has 44 heavy (non-hydrogen) atoms. The molecule has 222 valence electrons. The third kappa shape index (κ3) is 5.81. The van der Waals surface area contributed by atoms with Gasteiger partial charge in [-0.3, -0.25) is 19.2 Å². The van der Waals surface area contributed by atoms with Gasteiger partial charge in [-0.1, -0.05) is 88.9 Å². The Morgan fingerprint density at radius 2 is 1.32 bits per heavy atom. The fourth-order valence-electron chi connectivity index (χ4n) is 4.63. The smallest absolute Gasteiger partial charge is 0.338 e. The van der Waals surface area contributed by atoms with Crippen molar-refractivity contribution in [2.45, 2.75) is 17.1 Å². The molecule has 2 amide bonds. The molecule has 0 fully saturated rings. The molecule has 0 aliphatic heterocycles. The Kier molecular flexibility index (Phi) is 9.06. The molecule has 5 rings (SSSR count). The second-order valence-electron chi connectivity index (χ2n) is 9.47. The lowest BCUT2D eigenvalue weighted by Gasteiger charge is -2.21. The van der Waals surface area contributed by atoms with E-state index >= 15 is 0 Å². The predicted molar refractivity (Wildman–Crippen MR) is 172 cm³/mol. The molecule has 1 atom stereocenters. The summed E-state index contributed by atoms with van der Waals surface area (Å²) >= 11 is 25.4. The SMILES string of the molecule is CC(Sc1cccc(NC(=O)c2c(Cl)c(Cl)c(Cl)c(Cl)c2C(=O)O)c1)C(=O)Nc1cccc2c1C(=O)c1ccccc1C2=O. The fraction of sp³-hybridized carbons (Fsp3) is 0.0645. The van der Waals surface area contributed by atoms with E-state index in [1.165, 1.54) is 0 Å². The first-order valence-electron chi connectivity index (χ1n) is 12.7. The molecule has 1 aliphatic carbocycles. The van der Waals surface area contributed by atoms with Gasteiger partial charge in [0.15, 0.2) is 11.6 Å². The van der Waals surface area contributed by atoms with E-state index < -0.39 is 39.2 Å². The Hall–Kier alpha value is -3.86. The Balaban J connectivity index is 1.33. The molecule has 4 aromatic carbocycles. The Labute approximate surface area is 274 Å². The molecule has 1 unspecified atom stereocenters. The maximum absolute atomic E-state index is 13.3. The summed E-state index contributed by atoms with van der Waals surface area (Å²) in [4.78, 5) is 65.1. The number of halogens is 4. The van der Waals surface area contributed by atoms with Crippen LogP contribution in [0.2, 0.25) is 20.1 Å². The van der Waals surface area contributed by atoms with E-state index in [0.29, 0.717) is 10.5 Å². The average Bonchev–Trinajstić information content (AvgIpc) is 3.00. The number of carboxylic acid groups (broad SMARTS) is 1. The van der Waals surface area contributed by atoms with Gasteiger partial charge in [0.25, 0.3) is 5.91 Å². The number of aromatic carboxylic acids is 1. The molecule has 8 nitrogen and oxygen atoms in total. The van der Waals surface area contributed by atoms with Crippen molar-refractivity contribution < 1.29 is 29.1 Å². The summed E-state index contributed by atoms with van der Waals surface area (Å²) in [5, 5.41) is 12.9. The van der Waals surface area contributed by atoms with Crippen LogP contribution < -0.4 is 10.6 Å². The summed E-state index contributed by atoms with van der Waals surface area (Å²) in [5.41, 5.74) is 0.346. The van der Waals surface area contributed by atoms with Crippen molar-refractivity contribution in [2.24, 2.45) is 0 Å². The highest BCUT2D eigenvalue weighted by molar-refractivity contribution is 8.00. The van der Waals surface area contributed by atoms with Crippen molar-refractivity contribution in [1.29, 1.82) is 0 Å². The maximum atomic E-state index is 13.3. The standard InChI is InChI=1S/C31H18Cl4N2O6S/c1-13(29(40)37-19-11-5-10-18-20(19)28(39)17-9-3-2-8-16(17)27(18)38)44-15-7-4-6-14(12-15)36-30(41)21-22(31(42)43)24(33)26(35)25(34)23(21)32/h2-13H,1H3,(H,36,41)(H,37,40)(H,42,43). The lowest BCUT2D eigenvalue weighted by molar-refractivity contribution is -0.115. The van der Waals surface area contributed by atoms with Gasteiger partial charge >= 0.3 is 5.97 Å². The average molecular weight is 688 g/mol. The molecule has 13 heteroatoms. The highest BCUT2D eigenvalue weighted by Gasteiger charge is 2.32. The van der Waals surface area contributed by atoms with Crippen LogP contribution in [0.4, 0.5) is 11.4 Å². The van der Waals surface area contributed by atoms with Crippen LogP contribution in [-0.4, -0.2) is 39.7 Å². The third-order valence-corrected chi connectivity index (χ3v) is 9.59. The zero-order valence-corrected chi connectivity index (χ0v) is 26.2. The minimum absolute atomic E-state index is 0.133. The van der Waals surface area contributed by atoms with Gasteiger partial charge in [0.2, 0.25) is 5.91 Å². The molecule has 0 aromatic heterocycles. The zero-order chi connectivity index (χ0) is 31.9. The van der Waals surface area contributed by atoms with E-state index in [1.807, 2.05) is 0 Å². The van der Waals surface area contributed by atoms with Crippen molar-refractivity contribution in [2.75, 3.05) is 10.6 Å². The molecule has 0 spiro atoms. The van der Waals surface area contributed by atoms with Gasteiger partial charge in [-0.15, -0.1) is 11.8 Å². The number of fused-ring (bicyclic) bond motifs is 2. The fourth-order valence-corrected chi connectivity index (χ4v) is 6.57. The monoisotopic (exact) mass is 686 g/mol. The Morgan fingerprint density at radius 3 is 1.98 bits per heavy atom. The summed E-state index contributed by atoms with van der Waals surface area (Å²) in [5.74, 6) is -3.51. The van der Waals surface area contributed by atoms with Crippen LogP contribution in [0, 0.1) is 0 Å². The number of amides is 2. The number of benzene rings is 4. The number of rotatable bonds is 7. The van der Waals surface area contributed by atoms with E-state index in [9.17, 15) is 29.1 Å². The Bertz CT molecular complexity index is 1930. The van der Waals surface area contributed by atoms with Gasteiger partial charge in [-0.2, -0.15) is 0 Å². The van der Waals surface area contributed by atoms with Gasteiger partial charge in [0.05, 0.1) is 47.7 Å². The minimum Gasteiger partial charge on any atom is -0.478 e. The number of carbonyl (C=O) groups excluding carboxylic acids is 4. The number of hydrogen-bond donors (Lipinski definition) is 3. The van der Waals surface area contributed by atoms with Crippen molar-refractivity contribution >= 4 is 98.9 Å². The molecule has 0 heterocycles. The van der Waals surface area contributed by atoms with Crippen LogP contribution in [0.25, 0.3) is 0 Å². The molecule has 0 bridgehead atoms. The summed E-state index contributed by atoms with van der Waals surface area (Å²) in [6.07, 6.45) is 0. The molecular weight excluding hydrogens is 670 g/mol. The van der Waals surface area contributed by atoms with Crippen LogP contribution in [-0.2, 0) is 4.79 Å². The second kappa shape index (κ2) is 12.6. The highest BCUT2D eigenvalue weighted by Crippen LogP contribution is 2.42. The summed E-state index contributed by atoms with van der Waals surface area (Å²) in [6.45, 7) is 1.65. The molecule has 3 N–H and O–H groups in total. The van der Waals surface area contributed by atoms with E-state index in [1.54, 1.807) is 73.7 Å². The van der Waals surface area contributed by atoms with E-state index in [-0.39, 0.29) is 54.7 Å². The maximum Gasteiger partial charge on any atom is 0.338 e. The summed E-state index contributed by atoms with van der Waals surface area (Å²) in [7, 11) is 0. The summed E-state index contributed by atoms with van der Waals surface area (Å²) in [6, 6.07) is 17.7. The van der Waals surface area contributed by atoms with Gasteiger partial charge in [-0.25, -0.2) is 4.79 Å². The number of carbonyl (C=O) groups is 5. The number of nitrogens with one attached hydrogen (secondary N) is 2. The van der Waals surface area contributed by atoms with E-state index in [0.717, 1.165) is 11.8 Å². The lowest BCUT2D eigenvalue weighted by atomic mass is 9.83. The van der Waals surface area contributed by atoms with Crippen molar-refractivity contribution in [1.82, 2.24) is 0 Å². The van der Waals surface area contributed by atoms with Crippen molar-refractivity contribution in [3.63, 3.8) is 0 Å². The van der Waals surface area contributed by atoms with E-state index in [2.05, 4.69) is 10.6 Å². The van der Waals surface area contributed by atoms with Crippen LogP contribution in [0.15, 0.2) is 71.6 Å². The number of hydrogen-bond acceptors (Lipinski definition) is 6.